The summed E-state index contributed by atoms with van der Waals surface area (Å²) in [4.78, 5) is 0. The van der Waals surface area contributed by atoms with Crippen molar-refractivity contribution in [2.45, 2.75) is 31.9 Å². The van der Waals surface area contributed by atoms with Crippen molar-refractivity contribution in [2.75, 3.05) is 0 Å². The molecule has 0 amide bonds. The van der Waals surface area contributed by atoms with Crippen LogP contribution in [0.15, 0.2) is 41.5 Å². The van der Waals surface area contributed by atoms with Crippen molar-refractivity contribution < 1.29 is 0 Å². The van der Waals surface area contributed by atoms with Crippen molar-refractivity contribution in [3.8, 4) is 0 Å². The van der Waals surface area contributed by atoms with Crippen LogP contribution in [-0.2, 0) is 4.25 Å². The van der Waals surface area contributed by atoms with Gasteiger partial charge in [-0.05, 0) is 0 Å². The van der Waals surface area contributed by atoms with E-state index in [1.54, 1.807) is 15.5 Å². The SMILES string of the molecule is C[C]1=[Ge][C](C)(c2ccccc2)C(C)=C1C. The van der Waals surface area contributed by atoms with Gasteiger partial charge in [0.25, 0.3) is 0 Å². The van der Waals surface area contributed by atoms with Gasteiger partial charge in [-0.1, -0.05) is 0 Å². The molecule has 0 N–H and O–H groups in total. The molecule has 1 heterocycles. The molecule has 0 fully saturated rings. The zero-order valence-electron chi connectivity index (χ0n) is 9.89. The quantitative estimate of drug-likeness (QED) is 0.678. The number of benzene rings is 1. The average molecular weight is 258 g/mol. The van der Waals surface area contributed by atoms with Gasteiger partial charge in [-0.2, -0.15) is 0 Å². The molecule has 0 aromatic heterocycles. The van der Waals surface area contributed by atoms with Crippen molar-refractivity contribution in [2.24, 2.45) is 0 Å². The summed E-state index contributed by atoms with van der Waals surface area (Å²) < 4.78 is 2.02. The first-order valence-corrected chi connectivity index (χ1v) is 7.51. The molecule has 1 heteroatoms. The Morgan fingerprint density at radius 1 is 1.00 bits per heavy atom. The van der Waals surface area contributed by atoms with Gasteiger partial charge in [0.1, 0.15) is 0 Å². The summed E-state index contributed by atoms with van der Waals surface area (Å²) in [6, 6.07) is 11.0. The van der Waals surface area contributed by atoms with Gasteiger partial charge in [0, 0.05) is 0 Å². The maximum atomic E-state index is 2.41. The van der Waals surface area contributed by atoms with Crippen LogP contribution in [0.5, 0.6) is 0 Å². The first-order chi connectivity index (χ1) is 7.05. The third-order valence-corrected chi connectivity index (χ3v) is 7.68. The Balaban J connectivity index is 2.56. The molecule has 1 aromatic rings. The Labute approximate surface area is 98.4 Å². The van der Waals surface area contributed by atoms with E-state index in [0.29, 0.717) is 4.25 Å². The van der Waals surface area contributed by atoms with E-state index in [-0.39, 0.29) is 15.0 Å². The number of hydrogen-bond donors (Lipinski definition) is 0. The standard InChI is InChI=1S/C14H17Ge/c1-10-11(2)14(4,15-12(10)3)13-8-6-5-7-9-13/h5-9H,1-4H3. The van der Waals surface area contributed by atoms with E-state index < -0.39 is 0 Å². The van der Waals surface area contributed by atoms with Gasteiger partial charge in [0.05, 0.1) is 0 Å². The molecule has 15 heavy (non-hydrogen) atoms. The summed E-state index contributed by atoms with van der Waals surface area (Å²) in [6.45, 7) is 9.31. The van der Waals surface area contributed by atoms with Crippen molar-refractivity contribution in [3.05, 3.63) is 47.0 Å². The van der Waals surface area contributed by atoms with Crippen LogP contribution in [0.4, 0.5) is 0 Å². The second-order valence-corrected chi connectivity index (χ2v) is 8.69. The van der Waals surface area contributed by atoms with Crippen LogP contribution in [0.1, 0.15) is 33.3 Å². The first kappa shape index (κ1) is 10.9. The normalized spacial score (nSPS) is 25.7. The minimum atomic E-state index is -0.0314. The van der Waals surface area contributed by atoms with Crippen LogP contribution in [-0.4, -0.2) is 19.3 Å². The van der Waals surface area contributed by atoms with Crippen LogP contribution in [0.3, 0.4) is 0 Å². The van der Waals surface area contributed by atoms with E-state index in [0.717, 1.165) is 0 Å². The molecular weight excluding hydrogens is 241 g/mol. The summed E-state index contributed by atoms with van der Waals surface area (Å²) in [6.07, 6.45) is 0. The molecule has 77 valence electrons. The summed E-state index contributed by atoms with van der Waals surface area (Å²) >= 11 is -0.0314. The molecule has 0 bridgehead atoms. The van der Waals surface area contributed by atoms with E-state index in [1.807, 2.05) is 0 Å². The monoisotopic (exact) mass is 259 g/mol. The van der Waals surface area contributed by atoms with Gasteiger partial charge in [-0.25, -0.2) is 0 Å². The Kier molecular flexibility index (Phi) is 2.72. The first-order valence-electron chi connectivity index (χ1n) is 5.41. The van der Waals surface area contributed by atoms with E-state index in [4.69, 9.17) is 0 Å². The van der Waals surface area contributed by atoms with E-state index in [9.17, 15) is 0 Å². The van der Waals surface area contributed by atoms with E-state index >= 15 is 0 Å². The molecule has 1 aliphatic rings. The number of hydrogen-bond acceptors (Lipinski definition) is 0. The predicted molar refractivity (Wildman–Crippen MR) is 68.6 cm³/mol. The van der Waals surface area contributed by atoms with Gasteiger partial charge >= 0.3 is 98.3 Å². The third-order valence-electron chi connectivity index (χ3n) is 3.66. The van der Waals surface area contributed by atoms with Crippen molar-refractivity contribution >= 4 is 19.3 Å². The van der Waals surface area contributed by atoms with Crippen LogP contribution in [0.25, 0.3) is 0 Å². The van der Waals surface area contributed by atoms with Gasteiger partial charge in [-0.3, -0.25) is 0 Å². The number of rotatable bonds is 1. The van der Waals surface area contributed by atoms with E-state index in [1.165, 1.54) is 5.56 Å². The molecule has 1 radical (unpaired) electrons. The molecule has 1 aliphatic heterocycles. The van der Waals surface area contributed by atoms with Crippen molar-refractivity contribution in [1.82, 2.24) is 0 Å². The summed E-state index contributed by atoms with van der Waals surface area (Å²) in [5.41, 5.74) is 4.64. The van der Waals surface area contributed by atoms with E-state index in [2.05, 4.69) is 58.0 Å². The second-order valence-electron chi connectivity index (χ2n) is 4.49. The molecule has 0 saturated heterocycles. The molecule has 0 saturated carbocycles. The molecule has 1 unspecified atom stereocenters. The summed E-state index contributed by atoms with van der Waals surface area (Å²) in [5, 5.41) is 0. The Morgan fingerprint density at radius 3 is 2.07 bits per heavy atom. The molecule has 0 spiro atoms. The molecule has 1 atom stereocenters. The van der Waals surface area contributed by atoms with Gasteiger partial charge in [0.15, 0.2) is 0 Å². The molecular formula is C14H17Ge. The van der Waals surface area contributed by atoms with Gasteiger partial charge in [0.2, 0.25) is 0 Å². The van der Waals surface area contributed by atoms with Crippen LogP contribution >= 0.6 is 0 Å². The summed E-state index contributed by atoms with van der Waals surface area (Å²) in [7, 11) is 0. The summed E-state index contributed by atoms with van der Waals surface area (Å²) in [5.74, 6) is 0. The third kappa shape index (κ3) is 1.65. The maximum absolute atomic E-state index is 2.41. The van der Waals surface area contributed by atoms with Gasteiger partial charge < -0.3 is 0 Å². The van der Waals surface area contributed by atoms with Crippen molar-refractivity contribution in [1.29, 1.82) is 0 Å². The van der Waals surface area contributed by atoms with Crippen LogP contribution in [0, 0.1) is 0 Å². The molecule has 1 aromatic carbocycles. The fraction of sp³-hybridized carbons (Fsp3) is 0.357. The predicted octanol–water partition coefficient (Wildman–Crippen LogP) is 3.15. The average Bonchev–Trinajstić information content (AvgIpc) is 2.45. The molecule has 0 nitrogen and oxygen atoms in total. The Bertz CT molecular complexity index is 440. The topological polar surface area (TPSA) is 0 Å². The van der Waals surface area contributed by atoms with Crippen molar-refractivity contribution in [3.63, 3.8) is 0 Å². The van der Waals surface area contributed by atoms with Gasteiger partial charge in [-0.15, -0.1) is 0 Å². The Morgan fingerprint density at radius 2 is 1.60 bits per heavy atom. The number of allylic oxidation sites excluding steroid dienone is 2. The molecule has 2 rings (SSSR count). The Hall–Kier alpha value is -0.627. The zero-order chi connectivity index (χ0) is 11.1. The fourth-order valence-corrected chi connectivity index (χ4v) is 6.08. The zero-order valence-corrected chi connectivity index (χ0v) is 12.0. The minimum absolute atomic E-state index is 0.0314. The van der Waals surface area contributed by atoms with Crippen LogP contribution in [0.2, 0.25) is 0 Å². The second kappa shape index (κ2) is 3.75. The molecule has 0 aliphatic carbocycles. The van der Waals surface area contributed by atoms with Crippen LogP contribution < -0.4 is 0 Å². The fourth-order valence-electron chi connectivity index (χ4n) is 2.28.